The lowest BCUT2D eigenvalue weighted by molar-refractivity contribution is -0.141. The number of carboxylic acids is 1. The first-order chi connectivity index (χ1) is 8.09. The molecule has 2 rings (SSSR count). The van der Waals surface area contributed by atoms with E-state index >= 15 is 0 Å². The summed E-state index contributed by atoms with van der Waals surface area (Å²) in [5.74, 6) is -1.57. The summed E-state index contributed by atoms with van der Waals surface area (Å²) >= 11 is 0. The van der Waals surface area contributed by atoms with E-state index < -0.39 is 24.0 Å². The van der Waals surface area contributed by atoms with Crippen molar-refractivity contribution in [3.63, 3.8) is 0 Å². The number of amides is 1. The quantitative estimate of drug-likeness (QED) is 0.693. The highest BCUT2D eigenvalue weighted by Gasteiger charge is 2.39. The lowest BCUT2D eigenvalue weighted by atomic mass is 10.2. The number of hydrogen-bond acceptors (Lipinski definition) is 5. The Morgan fingerprint density at radius 3 is 2.76 bits per heavy atom. The van der Waals surface area contributed by atoms with E-state index in [0.29, 0.717) is 0 Å². The third kappa shape index (κ3) is 2.23. The first-order valence-electron chi connectivity index (χ1n) is 5.08. The fraction of sp³-hybridized carbons (Fsp3) is 0.400. The van der Waals surface area contributed by atoms with Crippen molar-refractivity contribution in [2.45, 2.75) is 18.6 Å². The largest absolute Gasteiger partial charge is 0.480 e. The summed E-state index contributed by atoms with van der Waals surface area (Å²) in [5.41, 5.74) is 0.264. The second kappa shape index (κ2) is 4.46. The molecule has 7 nitrogen and oxygen atoms in total. The van der Waals surface area contributed by atoms with E-state index in [1.165, 1.54) is 18.5 Å². The molecule has 1 unspecified atom stereocenters. The number of aliphatic hydroxyl groups excluding tert-OH is 1. The standard InChI is InChI=1S/C10H11N3O4/c14-7-3-8(10(16)17)13(5-7)9(15)6-1-2-11-12-4-6/h1-2,4,7-8,14H,3,5H2,(H,16,17)/t7?,8-/m0/s1. The molecule has 0 saturated carbocycles. The summed E-state index contributed by atoms with van der Waals surface area (Å²) in [4.78, 5) is 24.1. The molecule has 1 aliphatic heterocycles. The van der Waals surface area contributed by atoms with Gasteiger partial charge in [-0.3, -0.25) is 4.79 Å². The lowest BCUT2D eigenvalue weighted by Gasteiger charge is -2.20. The highest BCUT2D eigenvalue weighted by atomic mass is 16.4. The second-order valence-electron chi connectivity index (χ2n) is 3.83. The Morgan fingerprint density at radius 1 is 1.41 bits per heavy atom. The van der Waals surface area contributed by atoms with Gasteiger partial charge < -0.3 is 15.1 Å². The van der Waals surface area contributed by atoms with Crippen molar-refractivity contribution < 1.29 is 19.8 Å². The molecule has 2 N–H and O–H groups in total. The van der Waals surface area contributed by atoms with Gasteiger partial charge >= 0.3 is 5.97 Å². The first-order valence-corrected chi connectivity index (χ1v) is 5.08. The Hall–Kier alpha value is -2.02. The van der Waals surface area contributed by atoms with Crippen LogP contribution in [0.2, 0.25) is 0 Å². The highest BCUT2D eigenvalue weighted by molar-refractivity contribution is 5.96. The number of nitrogens with zero attached hydrogens (tertiary/aromatic N) is 3. The fourth-order valence-electron chi connectivity index (χ4n) is 1.86. The zero-order valence-corrected chi connectivity index (χ0v) is 8.85. The van der Waals surface area contributed by atoms with Gasteiger partial charge in [-0.15, -0.1) is 0 Å². The Kier molecular flexibility index (Phi) is 3.01. The summed E-state index contributed by atoms with van der Waals surface area (Å²) < 4.78 is 0. The van der Waals surface area contributed by atoms with Crippen LogP contribution in [-0.4, -0.2) is 55.9 Å². The molecule has 0 aromatic carbocycles. The van der Waals surface area contributed by atoms with Crippen LogP contribution in [0.25, 0.3) is 0 Å². The monoisotopic (exact) mass is 237 g/mol. The molecule has 1 fully saturated rings. The minimum Gasteiger partial charge on any atom is -0.480 e. The fourth-order valence-corrected chi connectivity index (χ4v) is 1.86. The maximum atomic E-state index is 12.0. The van der Waals surface area contributed by atoms with Gasteiger partial charge in [0.1, 0.15) is 6.04 Å². The van der Waals surface area contributed by atoms with Gasteiger partial charge in [0.25, 0.3) is 5.91 Å². The van der Waals surface area contributed by atoms with Gasteiger partial charge in [0, 0.05) is 13.0 Å². The zero-order chi connectivity index (χ0) is 12.4. The molecular weight excluding hydrogens is 226 g/mol. The minimum absolute atomic E-state index is 0.0259. The predicted molar refractivity (Wildman–Crippen MR) is 55.1 cm³/mol. The number of carbonyl (C=O) groups excluding carboxylic acids is 1. The average Bonchev–Trinajstić information content (AvgIpc) is 2.72. The van der Waals surface area contributed by atoms with Gasteiger partial charge in [-0.05, 0) is 6.07 Å². The van der Waals surface area contributed by atoms with Crippen LogP contribution in [0.4, 0.5) is 0 Å². The van der Waals surface area contributed by atoms with Crippen molar-refractivity contribution in [1.29, 1.82) is 0 Å². The minimum atomic E-state index is -1.11. The molecule has 90 valence electrons. The van der Waals surface area contributed by atoms with Crippen molar-refractivity contribution in [2.24, 2.45) is 0 Å². The number of aliphatic hydroxyl groups is 1. The number of carboxylic acid groups (broad SMARTS) is 1. The van der Waals surface area contributed by atoms with Crippen LogP contribution in [0.1, 0.15) is 16.8 Å². The van der Waals surface area contributed by atoms with Crippen LogP contribution >= 0.6 is 0 Å². The zero-order valence-electron chi connectivity index (χ0n) is 8.85. The molecule has 0 radical (unpaired) electrons. The summed E-state index contributed by atoms with van der Waals surface area (Å²) in [7, 11) is 0. The molecule has 0 aliphatic carbocycles. The van der Waals surface area contributed by atoms with E-state index in [1.54, 1.807) is 0 Å². The van der Waals surface area contributed by atoms with E-state index in [4.69, 9.17) is 5.11 Å². The van der Waals surface area contributed by atoms with Crippen molar-refractivity contribution in [3.05, 3.63) is 24.0 Å². The number of rotatable bonds is 2. The number of aliphatic carboxylic acids is 1. The van der Waals surface area contributed by atoms with Crippen LogP contribution < -0.4 is 0 Å². The smallest absolute Gasteiger partial charge is 0.326 e. The SMILES string of the molecule is O=C(O)[C@@H]1CC(O)CN1C(=O)c1ccnnc1. The summed E-state index contributed by atoms with van der Waals surface area (Å²) in [5, 5.41) is 25.5. The van der Waals surface area contributed by atoms with Crippen LogP contribution in [0.3, 0.4) is 0 Å². The van der Waals surface area contributed by atoms with Gasteiger partial charge in [-0.1, -0.05) is 0 Å². The van der Waals surface area contributed by atoms with E-state index in [-0.39, 0.29) is 18.5 Å². The van der Waals surface area contributed by atoms with Crippen molar-refractivity contribution in [2.75, 3.05) is 6.54 Å². The molecule has 2 atom stereocenters. The number of β-amino-alcohol motifs (C(OH)–C–C–N with tert-alkyl or cyclic N) is 1. The average molecular weight is 237 g/mol. The molecule has 0 bridgehead atoms. The lowest BCUT2D eigenvalue weighted by Crippen LogP contribution is -2.40. The molecule has 1 amide bonds. The maximum Gasteiger partial charge on any atom is 0.326 e. The molecular formula is C10H11N3O4. The summed E-state index contributed by atoms with van der Waals surface area (Å²) in [6.07, 6.45) is 1.89. The summed E-state index contributed by atoms with van der Waals surface area (Å²) in [6, 6.07) is 0.476. The Balaban J connectivity index is 2.22. The topological polar surface area (TPSA) is 104 Å². The molecule has 1 aromatic heterocycles. The molecule has 0 spiro atoms. The van der Waals surface area contributed by atoms with Gasteiger partial charge in [-0.25, -0.2) is 4.79 Å². The molecule has 2 heterocycles. The second-order valence-corrected chi connectivity index (χ2v) is 3.83. The predicted octanol–water partition coefficient (Wildman–Crippen LogP) is -0.863. The van der Waals surface area contributed by atoms with E-state index in [2.05, 4.69) is 10.2 Å². The number of aromatic nitrogens is 2. The molecule has 1 aromatic rings. The van der Waals surface area contributed by atoms with E-state index in [1.807, 2.05) is 0 Å². The van der Waals surface area contributed by atoms with Crippen LogP contribution in [0.15, 0.2) is 18.5 Å². The number of likely N-dealkylation sites (tertiary alicyclic amines) is 1. The van der Waals surface area contributed by atoms with Gasteiger partial charge in [0.15, 0.2) is 0 Å². The number of carbonyl (C=O) groups is 2. The normalized spacial score (nSPS) is 23.7. The van der Waals surface area contributed by atoms with Crippen LogP contribution in [0.5, 0.6) is 0 Å². The molecule has 1 aliphatic rings. The molecule has 1 saturated heterocycles. The van der Waals surface area contributed by atoms with Gasteiger partial charge in [-0.2, -0.15) is 10.2 Å². The maximum absolute atomic E-state index is 12.0. The Morgan fingerprint density at radius 2 is 2.18 bits per heavy atom. The number of hydrogen-bond donors (Lipinski definition) is 2. The van der Waals surface area contributed by atoms with Crippen molar-refractivity contribution in [1.82, 2.24) is 15.1 Å². The van der Waals surface area contributed by atoms with Crippen LogP contribution in [-0.2, 0) is 4.79 Å². The first kappa shape index (κ1) is 11.5. The van der Waals surface area contributed by atoms with Crippen molar-refractivity contribution >= 4 is 11.9 Å². The molecule has 7 heteroatoms. The third-order valence-electron chi connectivity index (χ3n) is 2.66. The van der Waals surface area contributed by atoms with Gasteiger partial charge in [0.2, 0.25) is 0 Å². The third-order valence-corrected chi connectivity index (χ3v) is 2.66. The van der Waals surface area contributed by atoms with Crippen LogP contribution in [0, 0.1) is 0 Å². The Labute approximate surface area is 96.7 Å². The summed E-state index contributed by atoms with van der Waals surface area (Å²) in [6.45, 7) is 0.0259. The van der Waals surface area contributed by atoms with E-state index in [0.717, 1.165) is 4.90 Å². The van der Waals surface area contributed by atoms with Gasteiger partial charge in [0.05, 0.1) is 24.1 Å². The van der Waals surface area contributed by atoms with Crippen molar-refractivity contribution in [3.8, 4) is 0 Å². The Bertz CT molecular complexity index is 436. The molecule has 17 heavy (non-hydrogen) atoms. The van der Waals surface area contributed by atoms with E-state index in [9.17, 15) is 14.7 Å². The highest BCUT2D eigenvalue weighted by Crippen LogP contribution is 2.20.